The molecule has 9 heavy (non-hydrogen) atoms. The molecular formula is C4H10O5. The van der Waals surface area contributed by atoms with Gasteiger partial charge in [-0.15, -0.1) is 0 Å². The molecule has 0 spiro atoms. The predicted molar refractivity (Wildman–Crippen MR) is 26.8 cm³/mol. The molecule has 56 valence electrons. The van der Waals surface area contributed by atoms with E-state index in [0.29, 0.717) is 0 Å². The van der Waals surface area contributed by atoms with Crippen molar-refractivity contribution in [3.8, 4) is 0 Å². The molecular weight excluding hydrogens is 128 g/mol. The van der Waals surface area contributed by atoms with E-state index in [1.807, 2.05) is 0 Å². The molecule has 0 unspecified atom stereocenters. The van der Waals surface area contributed by atoms with Crippen LogP contribution in [0.5, 0.6) is 0 Å². The lowest BCUT2D eigenvalue weighted by Gasteiger charge is -2.21. The Morgan fingerprint density at radius 1 is 1.00 bits per heavy atom. The first-order chi connectivity index (χ1) is 3.71. The maximum Gasteiger partial charge on any atom is 0.280 e. The predicted octanol–water partition coefficient (Wildman–Crippen LogP) is -2.29. The average molecular weight is 138 g/mol. The highest BCUT2D eigenvalue weighted by atomic mass is 16.7. The van der Waals surface area contributed by atoms with Gasteiger partial charge in [-0.2, -0.15) is 0 Å². The summed E-state index contributed by atoms with van der Waals surface area (Å²) >= 11 is 0. The summed E-state index contributed by atoms with van der Waals surface area (Å²) in [7, 11) is 0. The lowest BCUT2D eigenvalue weighted by molar-refractivity contribution is -0.349. The van der Waals surface area contributed by atoms with Crippen molar-refractivity contribution in [3.63, 3.8) is 0 Å². The van der Waals surface area contributed by atoms with Crippen molar-refractivity contribution >= 4 is 0 Å². The second-order valence-electron chi connectivity index (χ2n) is 2.17. The smallest absolute Gasteiger partial charge is 0.280 e. The second-order valence-corrected chi connectivity index (χ2v) is 2.17. The summed E-state index contributed by atoms with van der Waals surface area (Å²) in [6.07, 6.45) is -0.931. The second kappa shape index (κ2) is 2.20. The van der Waals surface area contributed by atoms with Crippen LogP contribution in [0.1, 0.15) is 13.3 Å². The van der Waals surface area contributed by atoms with Crippen LogP contribution in [0.4, 0.5) is 0 Å². The Kier molecular flexibility index (Phi) is 2.15. The first-order valence-electron chi connectivity index (χ1n) is 2.33. The highest BCUT2D eigenvalue weighted by molar-refractivity contribution is 4.60. The van der Waals surface area contributed by atoms with Gasteiger partial charge in [0, 0.05) is 0 Å². The molecule has 5 nitrogen and oxygen atoms in total. The van der Waals surface area contributed by atoms with Crippen LogP contribution in [0.2, 0.25) is 0 Å². The fraction of sp³-hybridized carbons (Fsp3) is 1.00. The minimum absolute atomic E-state index is 0.921. The van der Waals surface area contributed by atoms with E-state index in [4.69, 9.17) is 25.5 Å². The first kappa shape index (κ1) is 8.80. The summed E-state index contributed by atoms with van der Waals surface area (Å²) in [5, 5.41) is 41.3. The summed E-state index contributed by atoms with van der Waals surface area (Å²) < 4.78 is 0. The first-order valence-corrected chi connectivity index (χ1v) is 2.33. The van der Waals surface area contributed by atoms with Gasteiger partial charge in [-0.05, 0) is 6.92 Å². The zero-order valence-corrected chi connectivity index (χ0v) is 4.94. The van der Waals surface area contributed by atoms with E-state index in [-0.39, 0.29) is 0 Å². The van der Waals surface area contributed by atoms with Crippen LogP contribution < -0.4 is 0 Å². The third-order valence-electron chi connectivity index (χ3n) is 0.572. The molecule has 0 atom stereocenters. The molecule has 0 fully saturated rings. The van der Waals surface area contributed by atoms with Crippen molar-refractivity contribution in [1.29, 1.82) is 0 Å². The molecule has 0 saturated carbocycles. The van der Waals surface area contributed by atoms with E-state index >= 15 is 0 Å². The Balaban J connectivity index is 3.75. The molecule has 0 radical (unpaired) electrons. The standard InChI is InChI=1S/C4H10O5/c1-3(5,6)2-4(7,8)9/h5-9H,2H2,1H3. The summed E-state index contributed by atoms with van der Waals surface area (Å²) in [5.41, 5.74) is 0. The maximum absolute atomic E-state index is 8.43. The van der Waals surface area contributed by atoms with Gasteiger partial charge in [0.25, 0.3) is 5.97 Å². The Morgan fingerprint density at radius 2 is 1.33 bits per heavy atom. The van der Waals surface area contributed by atoms with Crippen LogP contribution in [-0.4, -0.2) is 37.3 Å². The summed E-state index contributed by atoms with van der Waals surface area (Å²) in [5.74, 6) is -5.28. The molecule has 5 heteroatoms. The molecule has 0 heterocycles. The van der Waals surface area contributed by atoms with E-state index in [1.54, 1.807) is 0 Å². The molecule has 0 rings (SSSR count). The van der Waals surface area contributed by atoms with E-state index in [1.165, 1.54) is 0 Å². The van der Waals surface area contributed by atoms with Crippen molar-refractivity contribution in [1.82, 2.24) is 0 Å². The third kappa shape index (κ3) is 7.80. The Morgan fingerprint density at radius 3 is 1.33 bits per heavy atom. The maximum atomic E-state index is 8.43. The lowest BCUT2D eigenvalue weighted by atomic mass is 10.2. The minimum Gasteiger partial charge on any atom is -0.366 e. The van der Waals surface area contributed by atoms with Crippen molar-refractivity contribution in [2.75, 3.05) is 0 Å². The van der Waals surface area contributed by atoms with Gasteiger partial charge in [-0.3, -0.25) is 0 Å². The van der Waals surface area contributed by atoms with Crippen molar-refractivity contribution in [3.05, 3.63) is 0 Å². The zero-order valence-electron chi connectivity index (χ0n) is 4.94. The molecule has 5 N–H and O–H groups in total. The molecule has 0 aliphatic carbocycles. The van der Waals surface area contributed by atoms with Crippen LogP contribution in [-0.2, 0) is 0 Å². The van der Waals surface area contributed by atoms with Gasteiger partial charge in [-0.25, -0.2) is 0 Å². The fourth-order valence-corrected chi connectivity index (χ4v) is 0.449. The van der Waals surface area contributed by atoms with Crippen LogP contribution in [0.3, 0.4) is 0 Å². The van der Waals surface area contributed by atoms with Crippen molar-refractivity contribution in [2.45, 2.75) is 25.1 Å². The third-order valence-corrected chi connectivity index (χ3v) is 0.572. The van der Waals surface area contributed by atoms with Gasteiger partial charge < -0.3 is 25.5 Å². The Hall–Kier alpha value is -0.200. The normalized spacial score (nSPS) is 14.0. The van der Waals surface area contributed by atoms with Crippen molar-refractivity contribution in [2.24, 2.45) is 0 Å². The van der Waals surface area contributed by atoms with E-state index < -0.39 is 18.2 Å². The summed E-state index contributed by atoms with van der Waals surface area (Å²) in [4.78, 5) is 0. The van der Waals surface area contributed by atoms with Gasteiger partial charge in [0.15, 0.2) is 5.79 Å². The topological polar surface area (TPSA) is 101 Å². The number of hydrogen-bond donors (Lipinski definition) is 5. The summed E-state index contributed by atoms with van der Waals surface area (Å²) in [6.45, 7) is 0.921. The highest BCUT2D eigenvalue weighted by Gasteiger charge is 2.30. The van der Waals surface area contributed by atoms with E-state index in [9.17, 15) is 0 Å². The monoisotopic (exact) mass is 138 g/mol. The molecule has 0 amide bonds. The summed E-state index contributed by atoms with van der Waals surface area (Å²) in [6, 6.07) is 0. The molecule has 0 aliphatic heterocycles. The number of hydrogen-bond acceptors (Lipinski definition) is 5. The van der Waals surface area contributed by atoms with Crippen LogP contribution in [0.15, 0.2) is 0 Å². The highest BCUT2D eigenvalue weighted by Crippen LogP contribution is 2.11. The molecule has 0 bridgehead atoms. The van der Waals surface area contributed by atoms with Crippen LogP contribution >= 0.6 is 0 Å². The van der Waals surface area contributed by atoms with Crippen LogP contribution in [0, 0.1) is 0 Å². The Bertz CT molecular complexity index is 74.1. The van der Waals surface area contributed by atoms with Gasteiger partial charge in [0.2, 0.25) is 0 Å². The quantitative estimate of drug-likeness (QED) is 0.276. The Labute approximate surface area is 51.8 Å². The van der Waals surface area contributed by atoms with Gasteiger partial charge >= 0.3 is 0 Å². The van der Waals surface area contributed by atoms with Crippen LogP contribution in [0.25, 0.3) is 0 Å². The van der Waals surface area contributed by atoms with E-state index in [2.05, 4.69) is 0 Å². The number of aliphatic hydroxyl groups is 5. The van der Waals surface area contributed by atoms with Gasteiger partial charge in [-0.1, -0.05) is 0 Å². The zero-order chi connectivity index (χ0) is 7.71. The minimum atomic E-state index is -3.02. The van der Waals surface area contributed by atoms with Crippen molar-refractivity contribution < 1.29 is 25.5 Å². The van der Waals surface area contributed by atoms with E-state index in [0.717, 1.165) is 6.92 Å². The molecule has 0 aromatic heterocycles. The average Bonchev–Trinajstić information content (AvgIpc) is 1.14. The molecule has 0 saturated heterocycles. The lowest BCUT2D eigenvalue weighted by Crippen LogP contribution is -2.38. The van der Waals surface area contributed by atoms with Gasteiger partial charge in [0.05, 0.1) is 6.42 Å². The molecule has 0 aromatic rings. The molecule has 0 aromatic carbocycles. The molecule has 0 aliphatic rings. The number of rotatable bonds is 2. The largest absolute Gasteiger partial charge is 0.366 e. The fourth-order valence-electron chi connectivity index (χ4n) is 0.449. The SMILES string of the molecule is CC(O)(O)CC(O)(O)O. The van der Waals surface area contributed by atoms with Gasteiger partial charge in [0.1, 0.15) is 0 Å².